The highest BCUT2D eigenvalue weighted by Gasteiger charge is 2.23. The normalized spacial score (nSPS) is 17.9. The molecular formula is C20H25N3O2S. The second kappa shape index (κ2) is 7.76. The second-order valence-electron chi connectivity index (χ2n) is 7.20. The number of likely N-dealkylation sites (tertiary alicyclic amines) is 1. The zero-order valence-corrected chi connectivity index (χ0v) is 16.0. The first-order chi connectivity index (χ1) is 12.7. The highest BCUT2D eigenvalue weighted by Crippen LogP contribution is 2.30. The summed E-state index contributed by atoms with van der Waals surface area (Å²) in [5, 5.41) is 3.73. The number of benzene rings is 1. The Morgan fingerprint density at radius 2 is 2.04 bits per heavy atom. The molecular weight excluding hydrogens is 346 g/mol. The van der Waals surface area contributed by atoms with Gasteiger partial charge in [-0.15, -0.1) is 11.3 Å². The third-order valence-electron chi connectivity index (χ3n) is 5.07. The van der Waals surface area contributed by atoms with E-state index in [2.05, 4.69) is 34.3 Å². The molecule has 138 valence electrons. The first kappa shape index (κ1) is 17.5. The van der Waals surface area contributed by atoms with Crippen LogP contribution in [0.3, 0.4) is 0 Å². The minimum Gasteiger partial charge on any atom is -0.490 e. The van der Waals surface area contributed by atoms with Gasteiger partial charge in [-0.3, -0.25) is 9.69 Å². The molecule has 0 radical (unpaired) electrons. The summed E-state index contributed by atoms with van der Waals surface area (Å²) in [7, 11) is 0. The lowest BCUT2D eigenvalue weighted by molar-refractivity contribution is -0.117. The fourth-order valence-electron chi connectivity index (χ4n) is 3.60. The van der Waals surface area contributed by atoms with Crippen molar-refractivity contribution in [1.29, 1.82) is 0 Å². The van der Waals surface area contributed by atoms with Crippen LogP contribution in [0.1, 0.15) is 35.4 Å². The highest BCUT2D eigenvalue weighted by atomic mass is 32.1. The number of aromatic nitrogens is 1. The number of thiazole rings is 1. The summed E-state index contributed by atoms with van der Waals surface area (Å²) in [5.41, 5.74) is 2.42. The van der Waals surface area contributed by atoms with Crippen LogP contribution in [-0.2, 0) is 17.6 Å². The lowest BCUT2D eigenvalue weighted by atomic mass is 10.1. The second-order valence-corrected chi connectivity index (χ2v) is 8.28. The van der Waals surface area contributed by atoms with Crippen LogP contribution >= 0.6 is 11.3 Å². The van der Waals surface area contributed by atoms with Crippen LogP contribution in [-0.4, -0.2) is 41.5 Å². The van der Waals surface area contributed by atoms with Crippen LogP contribution < -0.4 is 10.1 Å². The van der Waals surface area contributed by atoms with Gasteiger partial charge >= 0.3 is 0 Å². The largest absolute Gasteiger partial charge is 0.490 e. The van der Waals surface area contributed by atoms with Crippen molar-refractivity contribution < 1.29 is 9.53 Å². The van der Waals surface area contributed by atoms with Crippen molar-refractivity contribution in [1.82, 2.24) is 9.88 Å². The van der Waals surface area contributed by atoms with E-state index in [0.29, 0.717) is 6.54 Å². The number of anilines is 1. The zero-order valence-electron chi connectivity index (χ0n) is 15.2. The predicted octanol–water partition coefficient (Wildman–Crippen LogP) is 3.42. The minimum absolute atomic E-state index is 0.0373. The number of carbonyl (C=O) groups excluding carboxylic acids is 1. The molecule has 1 aromatic heterocycles. The number of aryl methyl sites for hydroxylation is 3. The molecule has 1 aliphatic carbocycles. The van der Waals surface area contributed by atoms with E-state index >= 15 is 0 Å². The van der Waals surface area contributed by atoms with Crippen LogP contribution in [0.5, 0.6) is 5.75 Å². The average molecular weight is 372 g/mol. The number of amides is 1. The topological polar surface area (TPSA) is 54.5 Å². The van der Waals surface area contributed by atoms with Crippen LogP contribution in [0.15, 0.2) is 24.3 Å². The van der Waals surface area contributed by atoms with Crippen molar-refractivity contribution in [2.75, 3.05) is 25.0 Å². The molecule has 0 spiro atoms. The molecule has 0 bridgehead atoms. The van der Waals surface area contributed by atoms with Gasteiger partial charge in [0.05, 0.1) is 12.2 Å². The maximum absolute atomic E-state index is 12.3. The van der Waals surface area contributed by atoms with E-state index in [1.54, 1.807) is 11.3 Å². The van der Waals surface area contributed by atoms with Gasteiger partial charge in [0, 0.05) is 18.0 Å². The van der Waals surface area contributed by atoms with E-state index in [4.69, 9.17) is 4.74 Å². The number of carbonyl (C=O) groups is 1. The number of fused-ring (bicyclic) bond motifs is 1. The number of hydrogen-bond acceptors (Lipinski definition) is 5. The lowest BCUT2D eigenvalue weighted by Crippen LogP contribution is -2.42. The third kappa shape index (κ3) is 4.24. The molecule has 6 heteroatoms. The van der Waals surface area contributed by atoms with E-state index in [-0.39, 0.29) is 12.0 Å². The number of rotatable bonds is 5. The molecule has 2 aromatic rings. The highest BCUT2D eigenvalue weighted by molar-refractivity contribution is 7.15. The van der Waals surface area contributed by atoms with Crippen LogP contribution in [0, 0.1) is 6.92 Å². The number of nitrogens with zero attached hydrogens (tertiary/aromatic N) is 2. The molecule has 0 unspecified atom stereocenters. The molecule has 1 amide bonds. The van der Waals surface area contributed by atoms with Crippen LogP contribution in [0.25, 0.3) is 0 Å². The maximum Gasteiger partial charge on any atom is 0.240 e. The lowest BCUT2D eigenvalue weighted by Gasteiger charge is -2.31. The molecule has 5 nitrogen and oxygen atoms in total. The summed E-state index contributed by atoms with van der Waals surface area (Å²) in [6.45, 7) is 4.28. The zero-order chi connectivity index (χ0) is 17.9. The summed E-state index contributed by atoms with van der Waals surface area (Å²) in [6.07, 6.45) is 5.49. The molecule has 1 saturated heterocycles. The summed E-state index contributed by atoms with van der Waals surface area (Å²) >= 11 is 1.63. The van der Waals surface area contributed by atoms with Crippen molar-refractivity contribution in [2.24, 2.45) is 0 Å². The number of hydrogen-bond donors (Lipinski definition) is 1. The summed E-state index contributed by atoms with van der Waals surface area (Å²) in [5.74, 6) is 0.971. The van der Waals surface area contributed by atoms with Gasteiger partial charge in [-0.25, -0.2) is 4.98 Å². The fourth-order valence-corrected chi connectivity index (χ4v) is 4.67. The van der Waals surface area contributed by atoms with Crippen LogP contribution in [0.4, 0.5) is 5.13 Å². The van der Waals surface area contributed by atoms with Gasteiger partial charge in [0.2, 0.25) is 5.91 Å². The maximum atomic E-state index is 12.3. The number of ether oxygens (including phenoxy) is 1. The summed E-state index contributed by atoms with van der Waals surface area (Å²) in [4.78, 5) is 20.4. The van der Waals surface area contributed by atoms with Gasteiger partial charge in [0.1, 0.15) is 11.9 Å². The molecule has 0 saturated carbocycles. The molecule has 4 rings (SSSR count). The van der Waals surface area contributed by atoms with Gasteiger partial charge in [-0.2, -0.15) is 0 Å². The van der Waals surface area contributed by atoms with Gasteiger partial charge in [0.25, 0.3) is 0 Å². The Bertz CT molecular complexity index is 742. The van der Waals surface area contributed by atoms with Crippen molar-refractivity contribution in [3.63, 3.8) is 0 Å². The molecule has 1 aromatic carbocycles. The Hall–Kier alpha value is -1.92. The summed E-state index contributed by atoms with van der Waals surface area (Å²) < 4.78 is 6.06. The van der Waals surface area contributed by atoms with Crippen molar-refractivity contribution in [2.45, 2.75) is 45.1 Å². The quantitative estimate of drug-likeness (QED) is 0.875. The molecule has 26 heavy (non-hydrogen) atoms. The SMILES string of the molecule is Cc1ccc(OC2CCN(CC(=O)Nc3nc4c(s3)CCC4)CC2)cc1. The molecule has 2 aliphatic rings. The van der Waals surface area contributed by atoms with Crippen LogP contribution in [0.2, 0.25) is 0 Å². The van der Waals surface area contributed by atoms with Crippen molar-refractivity contribution >= 4 is 22.4 Å². The van der Waals surface area contributed by atoms with Gasteiger partial charge in [-0.05, 0) is 51.2 Å². The smallest absolute Gasteiger partial charge is 0.240 e. The number of nitrogens with one attached hydrogen (secondary N) is 1. The predicted molar refractivity (Wildman–Crippen MR) is 104 cm³/mol. The van der Waals surface area contributed by atoms with E-state index in [1.165, 1.54) is 22.6 Å². The standard InChI is InChI=1S/C20H25N3O2S/c1-14-5-7-15(8-6-14)25-16-9-11-23(12-10-16)13-19(24)22-20-21-17-3-2-4-18(17)26-20/h5-8,16H,2-4,9-13H2,1H3,(H,21,22,24). The molecule has 2 heterocycles. The first-order valence-electron chi connectivity index (χ1n) is 9.40. The number of piperidine rings is 1. The van der Waals surface area contributed by atoms with E-state index in [1.807, 2.05) is 12.1 Å². The Morgan fingerprint density at radius 3 is 2.77 bits per heavy atom. The Morgan fingerprint density at radius 1 is 1.27 bits per heavy atom. The third-order valence-corrected chi connectivity index (χ3v) is 6.14. The van der Waals surface area contributed by atoms with E-state index < -0.39 is 0 Å². The van der Waals surface area contributed by atoms with Gasteiger partial charge in [0.15, 0.2) is 5.13 Å². The fraction of sp³-hybridized carbons (Fsp3) is 0.500. The first-order valence-corrected chi connectivity index (χ1v) is 10.2. The molecule has 1 aliphatic heterocycles. The molecule has 1 N–H and O–H groups in total. The molecule has 1 fully saturated rings. The Kier molecular flexibility index (Phi) is 5.22. The van der Waals surface area contributed by atoms with Crippen molar-refractivity contribution in [3.8, 4) is 5.75 Å². The van der Waals surface area contributed by atoms with E-state index in [0.717, 1.165) is 49.7 Å². The average Bonchev–Trinajstić information content (AvgIpc) is 3.20. The summed E-state index contributed by atoms with van der Waals surface area (Å²) in [6, 6.07) is 8.20. The van der Waals surface area contributed by atoms with Gasteiger partial charge < -0.3 is 10.1 Å². The van der Waals surface area contributed by atoms with Gasteiger partial charge in [-0.1, -0.05) is 17.7 Å². The Labute approximate surface area is 158 Å². The van der Waals surface area contributed by atoms with Crippen molar-refractivity contribution in [3.05, 3.63) is 40.4 Å². The monoisotopic (exact) mass is 371 g/mol. The minimum atomic E-state index is 0.0373. The molecule has 0 atom stereocenters. The Balaban J connectivity index is 1.21. The van der Waals surface area contributed by atoms with E-state index in [9.17, 15) is 4.79 Å².